The van der Waals surface area contributed by atoms with Crippen molar-refractivity contribution in [2.24, 2.45) is 0 Å². The predicted molar refractivity (Wildman–Crippen MR) is 99.9 cm³/mol. The summed E-state index contributed by atoms with van der Waals surface area (Å²) in [6, 6.07) is 15.8. The van der Waals surface area contributed by atoms with Crippen molar-refractivity contribution < 1.29 is 4.79 Å². The summed E-state index contributed by atoms with van der Waals surface area (Å²) in [7, 11) is 0. The smallest absolute Gasteiger partial charge is 0.321 e. The molecule has 0 saturated carbocycles. The van der Waals surface area contributed by atoms with Crippen LogP contribution in [0, 0.1) is 25.2 Å². The third kappa shape index (κ3) is 3.74. The van der Waals surface area contributed by atoms with Crippen LogP contribution in [0.15, 0.2) is 42.5 Å². The number of aryl methyl sites for hydroxylation is 2. The minimum atomic E-state index is -0.0693. The summed E-state index contributed by atoms with van der Waals surface area (Å²) in [4.78, 5) is 16.5. The maximum absolute atomic E-state index is 12.5. The fourth-order valence-corrected chi connectivity index (χ4v) is 3.14. The first-order valence-electron chi connectivity index (χ1n) is 8.46. The van der Waals surface area contributed by atoms with Crippen LogP contribution in [0.1, 0.15) is 16.7 Å². The van der Waals surface area contributed by atoms with Crippen molar-refractivity contribution in [1.82, 2.24) is 4.90 Å². The van der Waals surface area contributed by atoms with E-state index in [0.29, 0.717) is 18.7 Å². The third-order valence-electron chi connectivity index (χ3n) is 4.56. The number of carbonyl (C=O) groups excluding carboxylic acids is 1. The Kier molecular flexibility index (Phi) is 4.90. The first-order valence-corrected chi connectivity index (χ1v) is 8.46. The van der Waals surface area contributed by atoms with Crippen LogP contribution < -0.4 is 10.2 Å². The van der Waals surface area contributed by atoms with Gasteiger partial charge in [-0.05, 0) is 37.6 Å². The molecule has 2 amide bonds. The highest BCUT2D eigenvalue weighted by Crippen LogP contribution is 2.22. The Labute approximate surface area is 148 Å². The molecule has 1 fully saturated rings. The van der Waals surface area contributed by atoms with E-state index in [2.05, 4.69) is 22.4 Å². The van der Waals surface area contributed by atoms with E-state index in [1.165, 1.54) is 5.56 Å². The third-order valence-corrected chi connectivity index (χ3v) is 4.56. The number of nitrogens with zero attached hydrogens (tertiary/aromatic N) is 3. The number of hydrogen-bond donors (Lipinski definition) is 1. The van der Waals surface area contributed by atoms with Crippen molar-refractivity contribution in [2.75, 3.05) is 36.4 Å². The maximum atomic E-state index is 12.5. The minimum absolute atomic E-state index is 0.0693. The van der Waals surface area contributed by atoms with E-state index in [-0.39, 0.29) is 6.03 Å². The second-order valence-electron chi connectivity index (χ2n) is 6.35. The number of amides is 2. The highest BCUT2D eigenvalue weighted by molar-refractivity contribution is 5.90. The summed E-state index contributed by atoms with van der Waals surface area (Å²) in [5.41, 5.74) is 4.72. The molecule has 0 atom stereocenters. The van der Waals surface area contributed by atoms with Crippen LogP contribution in [0.25, 0.3) is 0 Å². The Morgan fingerprint density at radius 2 is 1.80 bits per heavy atom. The molecule has 1 aliphatic rings. The number of anilines is 2. The van der Waals surface area contributed by atoms with Gasteiger partial charge in [-0.25, -0.2) is 4.79 Å². The summed E-state index contributed by atoms with van der Waals surface area (Å²) < 4.78 is 0. The van der Waals surface area contributed by atoms with Gasteiger partial charge >= 0.3 is 6.03 Å². The number of benzene rings is 2. The number of carbonyl (C=O) groups is 1. The van der Waals surface area contributed by atoms with Gasteiger partial charge in [0.05, 0.1) is 11.3 Å². The zero-order chi connectivity index (χ0) is 17.8. The monoisotopic (exact) mass is 334 g/mol. The van der Waals surface area contributed by atoms with Gasteiger partial charge in [-0.3, -0.25) is 0 Å². The minimum Gasteiger partial charge on any atom is -0.367 e. The average molecular weight is 334 g/mol. The van der Waals surface area contributed by atoms with Gasteiger partial charge in [0.1, 0.15) is 6.07 Å². The SMILES string of the molecule is Cc1ccc(NC(=O)N2CCN(c3ccccc3C#N)CC2)c(C)c1. The van der Waals surface area contributed by atoms with E-state index in [9.17, 15) is 10.1 Å². The Morgan fingerprint density at radius 3 is 2.48 bits per heavy atom. The molecular weight excluding hydrogens is 312 g/mol. The summed E-state index contributed by atoms with van der Waals surface area (Å²) in [6.07, 6.45) is 0. The highest BCUT2D eigenvalue weighted by Gasteiger charge is 2.22. The van der Waals surface area contributed by atoms with E-state index in [1.807, 2.05) is 55.1 Å². The van der Waals surface area contributed by atoms with Gasteiger partial charge in [0.15, 0.2) is 0 Å². The lowest BCUT2D eigenvalue weighted by Gasteiger charge is -2.36. The van der Waals surface area contributed by atoms with Crippen molar-refractivity contribution in [3.63, 3.8) is 0 Å². The van der Waals surface area contributed by atoms with Crippen molar-refractivity contribution in [3.05, 3.63) is 59.2 Å². The molecule has 0 unspecified atom stereocenters. The van der Waals surface area contributed by atoms with E-state index < -0.39 is 0 Å². The number of nitrogens with one attached hydrogen (secondary N) is 1. The van der Waals surface area contributed by atoms with Gasteiger partial charge < -0.3 is 15.1 Å². The maximum Gasteiger partial charge on any atom is 0.321 e. The van der Waals surface area contributed by atoms with Crippen molar-refractivity contribution in [2.45, 2.75) is 13.8 Å². The fraction of sp³-hybridized carbons (Fsp3) is 0.300. The fourth-order valence-electron chi connectivity index (χ4n) is 3.14. The average Bonchev–Trinajstić information content (AvgIpc) is 2.64. The number of hydrogen-bond acceptors (Lipinski definition) is 3. The molecule has 0 spiro atoms. The first-order chi connectivity index (χ1) is 12.1. The summed E-state index contributed by atoms with van der Waals surface area (Å²) in [5.74, 6) is 0. The lowest BCUT2D eigenvalue weighted by atomic mass is 10.1. The molecule has 0 aliphatic carbocycles. The number of rotatable bonds is 2. The van der Waals surface area contributed by atoms with Gasteiger partial charge in [-0.15, -0.1) is 0 Å². The number of para-hydroxylation sites is 1. The van der Waals surface area contributed by atoms with Crippen LogP contribution in [0.5, 0.6) is 0 Å². The molecule has 25 heavy (non-hydrogen) atoms. The Balaban J connectivity index is 1.62. The molecule has 2 aromatic rings. The molecule has 0 aromatic heterocycles. The molecule has 2 aromatic carbocycles. The highest BCUT2D eigenvalue weighted by atomic mass is 16.2. The van der Waals surface area contributed by atoms with Crippen molar-refractivity contribution in [3.8, 4) is 6.07 Å². The predicted octanol–water partition coefficient (Wildman–Crippen LogP) is 3.53. The Hall–Kier alpha value is -3.00. The topological polar surface area (TPSA) is 59.4 Å². The molecule has 1 saturated heterocycles. The molecule has 128 valence electrons. The quantitative estimate of drug-likeness (QED) is 0.914. The Morgan fingerprint density at radius 1 is 1.08 bits per heavy atom. The van der Waals surface area contributed by atoms with E-state index >= 15 is 0 Å². The van der Waals surface area contributed by atoms with Crippen molar-refractivity contribution in [1.29, 1.82) is 5.26 Å². The van der Waals surface area contributed by atoms with Crippen LogP contribution in [0.3, 0.4) is 0 Å². The van der Waals surface area contributed by atoms with Gasteiger partial charge in [-0.2, -0.15) is 5.26 Å². The zero-order valence-electron chi connectivity index (χ0n) is 14.6. The van der Waals surface area contributed by atoms with Gasteiger partial charge in [0, 0.05) is 31.9 Å². The number of urea groups is 1. The molecule has 0 radical (unpaired) electrons. The molecule has 5 heteroatoms. The van der Waals surface area contributed by atoms with Crippen LogP contribution in [0.4, 0.5) is 16.2 Å². The lowest BCUT2D eigenvalue weighted by Crippen LogP contribution is -2.50. The Bertz CT molecular complexity index is 817. The molecule has 5 nitrogen and oxygen atoms in total. The zero-order valence-corrected chi connectivity index (χ0v) is 14.6. The molecule has 3 rings (SSSR count). The largest absolute Gasteiger partial charge is 0.367 e. The second-order valence-corrected chi connectivity index (χ2v) is 6.35. The molecular formula is C20H22N4O. The van der Waals surface area contributed by atoms with Crippen LogP contribution in [0.2, 0.25) is 0 Å². The summed E-state index contributed by atoms with van der Waals surface area (Å²) in [5, 5.41) is 12.2. The number of nitriles is 1. The second kappa shape index (κ2) is 7.27. The van der Waals surface area contributed by atoms with Crippen molar-refractivity contribution >= 4 is 17.4 Å². The van der Waals surface area contributed by atoms with Gasteiger partial charge in [0.25, 0.3) is 0 Å². The molecule has 0 bridgehead atoms. The summed E-state index contributed by atoms with van der Waals surface area (Å²) >= 11 is 0. The van der Waals surface area contributed by atoms with Gasteiger partial charge in [0.2, 0.25) is 0 Å². The molecule has 1 aliphatic heterocycles. The van der Waals surface area contributed by atoms with E-state index in [4.69, 9.17) is 0 Å². The lowest BCUT2D eigenvalue weighted by molar-refractivity contribution is 0.208. The standard InChI is InChI=1S/C20H22N4O/c1-15-7-8-18(16(2)13-15)22-20(25)24-11-9-23(10-12-24)19-6-4-3-5-17(19)14-21/h3-8,13H,9-12H2,1-2H3,(H,22,25). The number of piperazine rings is 1. The molecule has 1 heterocycles. The first kappa shape index (κ1) is 16.8. The van der Waals surface area contributed by atoms with Crippen LogP contribution in [-0.4, -0.2) is 37.1 Å². The summed E-state index contributed by atoms with van der Waals surface area (Å²) in [6.45, 7) is 6.75. The van der Waals surface area contributed by atoms with Crippen LogP contribution >= 0.6 is 0 Å². The van der Waals surface area contributed by atoms with E-state index in [0.717, 1.165) is 30.0 Å². The van der Waals surface area contributed by atoms with Gasteiger partial charge in [-0.1, -0.05) is 29.8 Å². The molecule has 1 N–H and O–H groups in total. The van der Waals surface area contributed by atoms with Crippen LogP contribution in [-0.2, 0) is 0 Å². The van der Waals surface area contributed by atoms with E-state index in [1.54, 1.807) is 0 Å². The normalized spacial score (nSPS) is 14.1.